The molecule has 0 aliphatic heterocycles. The van der Waals surface area contributed by atoms with Crippen molar-refractivity contribution in [2.75, 3.05) is 5.32 Å². The Bertz CT molecular complexity index is 1190. The summed E-state index contributed by atoms with van der Waals surface area (Å²) in [5.74, 6) is 0.0910. The first-order chi connectivity index (χ1) is 14.9. The smallest absolute Gasteiger partial charge is 0.266 e. The van der Waals surface area contributed by atoms with E-state index in [4.69, 9.17) is 39.5 Å². The molecule has 0 fully saturated rings. The Morgan fingerprint density at radius 1 is 1.03 bits per heavy atom. The summed E-state index contributed by atoms with van der Waals surface area (Å²) >= 11 is 21.3. The second kappa shape index (κ2) is 10.7. The molecule has 1 amide bonds. The number of hydrogen-bond donors (Lipinski definition) is 1. The van der Waals surface area contributed by atoms with Gasteiger partial charge in [0.15, 0.2) is 0 Å². The van der Waals surface area contributed by atoms with Crippen molar-refractivity contribution in [3.05, 3.63) is 96.9 Å². The molecule has 0 aliphatic rings. The number of hydrogen-bond acceptors (Lipinski definition) is 3. The van der Waals surface area contributed by atoms with Crippen LogP contribution in [0.2, 0.25) is 15.1 Å². The van der Waals surface area contributed by atoms with Crippen molar-refractivity contribution in [3.63, 3.8) is 0 Å². The Morgan fingerprint density at radius 2 is 1.77 bits per heavy atom. The second-order valence-corrected chi connectivity index (χ2v) is 8.46. The van der Waals surface area contributed by atoms with Crippen molar-refractivity contribution in [1.29, 1.82) is 5.26 Å². The number of nitrogens with one attached hydrogen (secondary N) is 1. The maximum absolute atomic E-state index is 12.4. The summed E-state index contributed by atoms with van der Waals surface area (Å²) in [6, 6.07) is 19.1. The van der Waals surface area contributed by atoms with E-state index < -0.39 is 5.91 Å². The minimum Gasteiger partial charge on any atom is -0.488 e. The van der Waals surface area contributed by atoms with Gasteiger partial charge >= 0.3 is 0 Å². The third-order valence-electron chi connectivity index (χ3n) is 4.11. The van der Waals surface area contributed by atoms with Crippen LogP contribution in [0.1, 0.15) is 11.1 Å². The third kappa shape index (κ3) is 6.49. The monoisotopic (exact) mass is 534 g/mol. The van der Waals surface area contributed by atoms with E-state index in [0.717, 1.165) is 5.56 Å². The summed E-state index contributed by atoms with van der Waals surface area (Å²) in [4.78, 5) is 12.4. The number of amides is 1. The van der Waals surface area contributed by atoms with E-state index in [0.29, 0.717) is 43.1 Å². The van der Waals surface area contributed by atoms with Crippen LogP contribution in [0.25, 0.3) is 6.08 Å². The molecule has 0 saturated heterocycles. The number of anilines is 1. The lowest BCUT2D eigenvalue weighted by Crippen LogP contribution is -2.13. The zero-order valence-corrected chi connectivity index (χ0v) is 19.7. The van der Waals surface area contributed by atoms with Crippen LogP contribution in [0.15, 0.2) is 70.7 Å². The molecule has 0 spiro atoms. The van der Waals surface area contributed by atoms with Crippen LogP contribution in [-0.2, 0) is 11.4 Å². The topological polar surface area (TPSA) is 62.1 Å². The first-order valence-electron chi connectivity index (χ1n) is 8.90. The van der Waals surface area contributed by atoms with Crippen molar-refractivity contribution < 1.29 is 9.53 Å². The summed E-state index contributed by atoms with van der Waals surface area (Å²) in [5, 5.41) is 13.6. The highest BCUT2D eigenvalue weighted by atomic mass is 79.9. The Hall–Kier alpha value is -2.49. The van der Waals surface area contributed by atoms with E-state index in [9.17, 15) is 10.1 Å². The molecule has 0 aliphatic carbocycles. The van der Waals surface area contributed by atoms with Crippen LogP contribution in [0.4, 0.5) is 5.69 Å². The molecular formula is C23H14BrCl3N2O2. The molecule has 3 aromatic carbocycles. The van der Waals surface area contributed by atoms with Crippen molar-refractivity contribution in [2.45, 2.75) is 6.61 Å². The lowest BCUT2D eigenvalue weighted by atomic mass is 10.1. The van der Waals surface area contributed by atoms with Crippen LogP contribution < -0.4 is 10.1 Å². The average Bonchev–Trinajstić information content (AvgIpc) is 2.75. The van der Waals surface area contributed by atoms with Crippen molar-refractivity contribution in [3.8, 4) is 11.8 Å². The summed E-state index contributed by atoms with van der Waals surface area (Å²) in [6.45, 7) is 0.303. The highest BCUT2D eigenvalue weighted by Gasteiger charge is 2.11. The van der Waals surface area contributed by atoms with Crippen LogP contribution in [-0.4, -0.2) is 5.91 Å². The standard InChI is InChI=1S/C23H14BrCl3N2O2/c24-19-10-14(2-8-22(19)31-13-15-1-7-20(26)21(27)11-15)9-16(12-28)23(30)29-18-5-3-17(25)4-6-18/h1-11H,13H2,(H,29,30)/b16-9-. The zero-order chi connectivity index (χ0) is 22.4. The molecule has 31 heavy (non-hydrogen) atoms. The van der Waals surface area contributed by atoms with E-state index >= 15 is 0 Å². The summed E-state index contributed by atoms with van der Waals surface area (Å²) in [7, 11) is 0. The van der Waals surface area contributed by atoms with Gasteiger partial charge in [-0.2, -0.15) is 5.26 Å². The molecule has 3 aromatic rings. The number of carbonyl (C=O) groups excluding carboxylic acids is 1. The van der Waals surface area contributed by atoms with Gasteiger partial charge in [-0.3, -0.25) is 4.79 Å². The Labute approximate surface area is 203 Å². The van der Waals surface area contributed by atoms with Gasteiger partial charge in [0.2, 0.25) is 0 Å². The maximum Gasteiger partial charge on any atom is 0.266 e. The molecule has 3 rings (SSSR count). The number of nitriles is 1. The maximum atomic E-state index is 12.4. The molecule has 0 bridgehead atoms. The Balaban J connectivity index is 1.70. The van der Waals surface area contributed by atoms with Crippen molar-refractivity contribution in [1.82, 2.24) is 0 Å². The molecular weight excluding hydrogens is 523 g/mol. The van der Waals surface area contributed by atoms with Gasteiger partial charge in [0, 0.05) is 10.7 Å². The van der Waals surface area contributed by atoms with Crippen molar-refractivity contribution in [2.24, 2.45) is 0 Å². The summed E-state index contributed by atoms with van der Waals surface area (Å²) < 4.78 is 6.49. The average molecular weight is 537 g/mol. The first kappa shape index (κ1) is 23.2. The molecule has 0 heterocycles. The van der Waals surface area contributed by atoms with Crippen LogP contribution in [0.3, 0.4) is 0 Å². The molecule has 0 aromatic heterocycles. The molecule has 8 heteroatoms. The fraction of sp³-hybridized carbons (Fsp3) is 0.0435. The van der Waals surface area contributed by atoms with E-state index in [-0.39, 0.29) is 5.57 Å². The second-order valence-electron chi connectivity index (χ2n) is 6.36. The quantitative estimate of drug-likeness (QED) is 0.262. The summed E-state index contributed by atoms with van der Waals surface area (Å²) in [5.41, 5.74) is 2.04. The fourth-order valence-electron chi connectivity index (χ4n) is 2.56. The lowest BCUT2D eigenvalue weighted by molar-refractivity contribution is -0.112. The molecule has 0 saturated carbocycles. The number of rotatable bonds is 6. The number of ether oxygens (including phenoxy) is 1. The van der Waals surface area contributed by atoms with E-state index in [1.54, 1.807) is 54.6 Å². The van der Waals surface area contributed by atoms with E-state index in [1.165, 1.54) is 6.08 Å². The molecule has 4 nitrogen and oxygen atoms in total. The van der Waals surface area contributed by atoms with Gasteiger partial charge in [-0.25, -0.2) is 0 Å². The molecule has 156 valence electrons. The molecule has 0 atom stereocenters. The lowest BCUT2D eigenvalue weighted by Gasteiger charge is -2.10. The van der Waals surface area contributed by atoms with Gasteiger partial charge in [-0.1, -0.05) is 46.9 Å². The Kier molecular flexibility index (Phi) is 8.00. The van der Waals surface area contributed by atoms with E-state index in [1.807, 2.05) is 12.1 Å². The van der Waals surface area contributed by atoms with Gasteiger partial charge in [-0.15, -0.1) is 0 Å². The SMILES string of the molecule is N#C/C(=C/c1ccc(OCc2ccc(Cl)c(Cl)c2)c(Br)c1)C(=O)Nc1ccc(Cl)cc1. The largest absolute Gasteiger partial charge is 0.488 e. The minimum atomic E-state index is -0.513. The number of halogens is 4. The van der Waals surface area contributed by atoms with E-state index in [2.05, 4.69) is 21.2 Å². The van der Waals surface area contributed by atoms with Gasteiger partial charge in [0.1, 0.15) is 24.0 Å². The van der Waals surface area contributed by atoms with Gasteiger partial charge in [0.05, 0.1) is 14.5 Å². The van der Waals surface area contributed by atoms with Gasteiger partial charge in [0.25, 0.3) is 5.91 Å². The third-order valence-corrected chi connectivity index (χ3v) is 5.72. The summed E-state index contributed by atoms with van der Waals surface area (Å²) in [6.07, 6.45) is 1.50. The number of benzene rings is 3. The fourth-order valence-corrected chi connectivity index (χ4v) is 3.52. The predicted octanol–water partition coefficient (Wildman–Crippen LogP) is 7.53. The normalized spacial score (nSPS) is 11.0. The number of nitrogens with zero attached hydrogens (tertiary/aromatic N) is 1. The van der Waals surface area contributed by atoms with Crippen LogP contribution >= 0.6 is 50.7 Å². The van der Waals surface area contributed by atoms with Crippen LogP contribution in [0, 0.1) is 11.3 Å². The van der Waals surface area contributed by atoms with Crippen molar-refractivity contribution >= 4 is 68.4 Å². The Morgan fingerprint density at radius 3 is 2.42 bits per heavy atom. The van der Waals surface area contributed by atoms with Gasteiger partial charge < -0.3 is 10.1 Å². The van der Waals surface area contributed by atoms with Gasteiger partial charge in [-0.05, 0) is 81.7 Å². The molecule has 0 radical (unpaired) electrons. The zero-order valence-electron chi connectivity index (χ0n) is 15.8. The highest BCUT2D eigenvalue weighted by Crippen LogP contribution is 2.29. The highest BCUT2D eigenvalue weighted by molar-refractivity contribution is 9.10. The number of carbonyl (C=O) groups is 1. The first-order valence-corrected chi connectivity index (χ1v) is 10.8. The molecule has 0 unspecified atom stereocenters. The van der Waals surface area contributed by atoms with Crippen LogP contribution in [0.5, 0.6) is 5.75 Å². The predicted molar refractivity (Wildman–Crippen MR) is 129 cm³/mol. The minimum absolute atomic E-state index is 0.0358. The molecule has 1 N–H and O–H groups in total.